The summed E-state index contributed by atoms with van der Waals surface area (Å²) in [5.41, 5.74) is 2.93. The number of fused-ring (bicyclic) bond motifs is 1. The third kappa shape index (κ3) is 3.69. The molecular formula is C20H23N5O. The topological polar surface area (TPSA) is 82.7 Å². The van der Waals surface area contributed by atoms with E-state index in [4.69, 9.17) is 0 Å². The van der Waals surface area contributed by atoms with Gasteiger partial charge in [0.05, 0.1) is 5.56 Å². The van der Waals surface area contributed by atoms with E-state index in [-0.39, 0.29) is 5.91 Å². The first-order valence-electron chi connectivity index (χ1n) is 9.21. The number of amides is 1. The smallest absolute Gasteiger partial charge is 0.254 e. The van der Waals surface area contributed by atoms with Crippen LogP contribution in [0.1, 0.15) is 41.6 Å². The standard InChI is InChI=1S/C20H23N5O/c26-19(25-16-5-1-2-6-16)15-12-23-20(24-13-15)21-10-9-14-11-22-18-8-4-3-7-17(14)18/h3-4,7-8,11-13,16,22H,1-2,5-6,9-10H2,(H,25,26)(H,21,23,24). The summed E-state index contributed by atoms with van der Waals surface area (Å²) >= 11 is 0. The molecule has 0 unspecified atom stereocenters. The molecule has 2 aromatic heterocycles. The second kappa shape index (κ2) is 7.56. The molecular weight excluding hydrogens is 326 g/mol. The van der Waals surface area contributed by atoms with Crippen LogP contribution in [0, 0.1) is 0 Å². The third-order valence-corrected chi connectivity index (χ3v) is 4.96. The number of hydrogen-bond donors (Lipinski definition) is 3. The van der Waals surface area contributed by atoms with Crippen molar-refractivity contribution in [3.05, 3.63) is 54.0 Å². The Hall–Kier alpha value is -2.89. The molecule has 1 amide bonds. The summed E-state index contributed by atoms with van der Waals surface area (Å²) in [6.45, 7) is 0.732. The normalized spacial score (nSPS) is 14.6. The van der Waals surface area contributed by atoms with E-state index in [2.05, 4.69) is 37.7 Å². The van der Waals surface area contributed by atoms with Gasteiger partial charge in [0.25, 0.3) is 5.91 Å². The first kappa shape index (κ1) is 16.6. The maximum atomic E-state index is 12.2. The molecule has 2 heterocycles. The average molecular weight is 349 g/mol. The van der Waals surface area contributed by atoms with Crippen molar-refractivity contribution in [3.8, 4) is 0 Å². The lowest BCUT2D eigenvalue weighted by Crippen LogP contribution is -2.32. The van der Waals surface area contributed by atoms with Crippen molar-refractivity contribution < 1.29 is 4.79 Å². The molecule has 3 N–H and O–H groups in total. The van der Waals surface area contributed by atoms with Crippen LogP contribution in [-0.2, 0) is 6.42 Å². The molecule has 134 valence electrons. The molecule has 0 spiro atoms. The minimum absolute atomic E-state index is 0.0813. The Balaban J connectivity index is 1.30. The van der Waals surface area contributed by atoms with Gasteiger partial charge in [-0.15, -0.1) is 0 Å². The van der Waals surface area contributed by atoms with Crippen molar-refractivity contribution in [2.24, 2.45) is 0 Å². The largest absolute Gasteiger partial charge is 0.361 e. The summed E-state index contributed by atoms with van der Waals surface area (Å²) in [6.07, 6.45) is 10.6. The van der Waals surface area contributed by atoms with Crippen molar-refractivity contribution in [1.82, 2.24) is 20.3 Å². The number of carbonyl (C=O) groups excluding carboxylic acids is 1. The van der Waals surface area contributed by atoms with Gasteiger partial charge < -0.3 is 15.6 Å². The SMILES string of the molecule is O=C(NC1CCCC1)c1cnc(NCCc2c[nH]c3ccccc23)nc1. The maximum Gasteiger partial charge on any atom is 0.254 e. The van der Waals surface area contributed by atoms with E-state index in [1.807, 2.05) is 18.3 Å². The van der Waals surface area contributed by atoms with Crippen molar-refractivity contribution in [3.63, 3.8) is 0 Å². The van der Waals surface area contributed by atoms with E-state index in [0.29, 0.717) is 17.6 Å². The fraction of sp³-hybridized carbons (Fsp3) is 0.350. The van der Waals surface area contributed by atoms with Crippen LogP contribution < -0.4 is 10.6 Å². The second-order valence-corrected chi connectivity index (χ2v) is 6.79. The van der Waals surface area contributed by atoms with Crippen LogP contribution in [-0.4, -0.2) is 33.4 Å². The van der Waals surface area contributed by atoms with Crippen LogP contribution in [0.5, 0.6) is 0 Å². The lowest BCUT2D eigenvalue weighted by atomic mass is 10.1. The molecule has 1 aliphatic carbocycles. The number of anilines is 1. The molecule has 0 aliphatic heterocycles. The van der Waals surface area contributed by atoms with Gasteiger partial charge in [0.1, 0.15) is 0 Å². The van der Waals surface area contributed by atoms with Crippen molar-refractivity contribution >= 4 is 22.8 Å². The Labute approximate surface area is 152 Å². The average Bonchev–Trinajstić information content (AvgIpc) is 3.32. The number of para-hydroxylation sites is 1. The van der Waals surface area contributed by atoms with E-state index in [9.17, 15) is 4.79 Å². The molecule has 3 aromatic rings. The molecule has 0 bridgehead atoms. The Morgan fingerprint density at radius 2 is 1.92 bits per heavy atom. The van der Waals surface area contributed by atoms with Crippen molar-refractivity contribution in [1.29, 1.82) is 0 Å². The zero-order valence-corrected chi connectivity index (χ0v) is 14.7. The molecule has 1 saturated carbocycles. The minimum Gasteiger partial charge on any atom is -0.361 e. The maximum absolute atomic E-state index is 12.2. The zero-order chi connectivity index (χ0) is 17.8. The Bertz CT molecular complexity index is 881. The summed E-state index contributed by atoms with van der Waals surface area (Å²) in [5.74, 6) is 0.463. The first-order chi connectivity index (χ1) is 12.8. The lowest BCUT2D eigenvalue weighted by molar-refractivity contribution is 0.0937. The highest BCUT2D eigenvalue weighted by atomic mass is 16.1. The molecule has 26 heavy (non-hydrogen) atoms. The minimum atomic E-state index is -0.0813. The highest BCUT2D eigenvalue weighted by molar-refractivity contribution is 5.93. The highest BCUT2D eigenvalue weighted by Crippen LogP contribution is 2.19. The van der Waals surface area contributed by atoms with Gasteiger partial charge in [-0.05, 0) is 30.9 Å². The number of aromatic nitrogens is 3. The zero-order valence-electron chi connectivity index (χ0n) is 14.7. The van der Waals surface area contributed by atoms with Gasteiger partial charge >= 0.3 is 0 Å². The molecule has 1 aromatic carbocycles. The fourth-order valence-corrected chi connectivity index (χ4v) is 3.52. The predicted octanol–water partition coefficient (Wildman–Crippen LogP) is 3.28. The summed E-state index contributed by atoms with van der Waals surface area (Å²) in [4.78, 5) is 24.0. The third-order valence-electron chi connectivity index (χ3n) is 4.96. The predicted molar refractivity (Wildman–Crippen MR) is 102 cm³/mol. The number of rotatable bonds is 6. The highest BCUT2D eigenvalue weighted by Gasteiger charge is 2.18. The summed E-state index contributed by atoms with van der Waals surface area (Å²) in [6, 6.07) is 8.57. The van der Waals surface area contributed by atoms with Gasteiger partial charge in [0.15, 0.2) is 0 Å². The van der Waals surface area contributed by atoms with Gasteiger partial charge in [0.2, 0.25) is 5.95 Å². The number of hydrogen-bond acceptors (Lipinski definition) is 4. The lowest BCUT2D eigenvalue weighted by Gasteiger charge is -2.11. The van der Waals surface area contributed by atoms with Crippen LogP contribution in [0.3, 0.4) is 0 Å². The van der Waals surface area contributed by atoms with Crippen molar-refractivity contribution in [2.45, 2.75) is 38.1 Å². The molecule has 1 aliphatic rings. The Kier molecular flexibility index (Phi) is 4.82. The van der Waals surface area contributed by atoms with Gasteiger partial charge in [-0.3, -0.25) is 4.79 Å². The van der Waals surface area contributed by atoms with Gasteiger partial charge in [0, 0.05) is 42.1 Å². The van der Waals surface area contributed by atoms with E-state index >= 15 is 0 Å². The van der Waals surface area contributed by atoms with E-state index in [1.165, 1.54) is 23.8 Å². The summed E-state index contributed by atoms with van der Waals surface area (Å²) in [5, 5.41) is 7.51. The van der Waals surface area contributed by atoms with Crippen LogP contribution in [0.4, 0.5) is 5.95 Å². The molecule has 4 rings (SSSR count). The Morgan fingerprint density at radius 1 is 1.15 bits per heavy atom. The van der Waals surface area contributed by atoms with Gasteiger partial charge in [-0.25, -0.2) is 9.97 Å². The molecule has 0 radical (unpaired) electrons. The number of H-pyrrole nitrogens is 1. The molecule has 0 saturated heterocycles. The quantitative estimate of drug-likeness (QED) is 0.638. The molecule has 6 nitrogen and oxygen atoms in total. The molecule has 0 atom stereocenters. The number of nitrogens with zero attached hydrogens (tertiary/aromatic N) is 2. The van der Waals surface area contributed by atoms with E-state index < -0.39 is 0 Å². The molecule has 1 fully saturated rings. The van der Waals surface area contributed by atoms with Gasteiger partial charge in [-0.1, -0.05) is 31.0 Å². The second-order valence-electron chi connectivity index (χ2n) is 6.79. The van der Waals surface area contributed by atoms with Crippen LogP contribution >= 0.6 is 0 Å². The first-order valence-corrected chi connectivity index (χ1v) is 9.21. The summed E-state index contributed by atoms with van der Waals surface area (Å²) < 4.78 is 0. The Morgan fingerprint density at radius 3 is 2.73 bits per heavy atom. The van der Waals surface area contributed by atoms with Crippen LogP contribution in [0.25, 0.3) is 10.9 Å². The fourth-order valence-electron chi connectivity index (χ4n) is 3.52. The molecule has 6 heteroatoms. The van der Waals surface area contributed by atoms with Gasteiger partial charge in [-0.2, -0.15) is 0 Å². The van der Waals surface area contributed by atoms with Crippen LogP contribution in [0.2, 0.25) is 0 Å². The number of carbonyl (C=O) groups is 1. The summed E-state index contributed by atoms with van der Waals surface area (Å²) in [7, 11) is 0. The number of aromatic amines is 1. The number of benzene rings is 1. The van der Waals surface area contributed by atoms with E-state index in [0.717, 1.165) is 31.3 Å². The monoisotopic (exact) mass is 349 g/mol. The van der Waals surface area contributed by atoms with Crippen LogP contribution in [0.15, 0.2) is 42.9 Å². The van der Waals surface area contributed by atoms with Crippen molar-refractivity contribution in [2.75, 3.05) is 11.9 Å². The number of nitrogens with one attached hydrogen (secondary N) is 3. The van der Waals surface area contributed by atoms with E-state index in [1.54, 1.807) is 12.4 Å².